The van der Waals surface area contributed by atoms with Crippen LogP contribution in [0.1, 0.15) is 21.5 Å². The van der Waals surface area contributed by atoms with Crippen molar-refractivity contribution in [1.82, 2.24) is 5.32 Å². The highest BCUT2D eigenvalue weighted by atomic mass is 16.6. The molecule has 0 radical (unpaired) electrons. The van der Waals surface area contributed by atoms with Gasteiger partial charge in [-0.2, -0.15) is 0 Å². The molecule has 11 nitrogen and oxygen atoms in total. The molecule has 3 aromatic carbocycles. The lowest BCUT2D eigenvalue weighted by atomic mass is 9.99. The first-order valence-electron chi connectivity index (χ1n) is 10.2. The number of nitrogens with two attached hydrogens (primary N) is 1. The van der Waals surface area contributed by atoms with Crippen LogP contribution in [0.5, 0.6) is 0 Å². The number of nitrogens with one attached hydrogen (secondary N) is 2. The van der Waals surface area contributed by atoms with Gasteiger partial charge in [0.1, 0.15) is 5.56 Å². The number of nitrogens with zero attached hydrogens (tertiary/aromatic N) is 2. The fraction of sp³-hybridized carbons (Fsp3) is 0.130. The van der Waals surface area contributed by atoms with Crippen molar-refractivity contribution in [2.75, 3.05) is 24.1 Å². The summed E-state index contributed by atoms with van der Waals surface area (Å²) in [4.78, 5) is 46.1. The van der Waals surface area contributed by atoms with E-state index in [1.54, 1.807) is 24.3 Å². The number of nitro groups is 2. The van der Waals surface area contributed by atoms with Crippen LogP contribution in [0.2, 0.25) is 0 Å². The van der Waals surface area contributed by atoms with Crippen molar-refractivity contribution in [2.45, 2.75) is 6.42 Å². The number of anilines is 2. The molecule has 0 saturated heterocycles. The molecule has 0 aliphatic rings. The van der Waals surface area contributed by atoms with E-state index in [0.29, 0.717) is 18.7 Å². The minimum Gasteiger partial charge on any atom is -0.399 e. The Morgan fingerprint density at radius 3 is 2.21 bits per heavy atom. The van der Waals surface area contributed by atoms with E-state index in [1.807, 2.05) is 12.1 Å². The van der Waals surface area contributed by atoms with Crippen molar-refractivity contribution in [1.29, 1.82) is 0 Å². The van der Waals surface area contributed by atoms with Crippen LogP contribution in [0.15, 0.2) is 66.7 Å². The summed E-state index contributed by atoms with van der Waals surface area (Å²) in [5.74, 6) is -1.10. The van der Waals surface area contributed by atoms with Crippen molar-refractivity contribution in [3.63, 3.8) is 0 Å². The van der Waals surface area contributed by atoms with Gasteiger partial charge < -0.3 is 16.4 Å². The Labute approximate surface area is 193 Å². The summed E-state index contributed by atoms with van der Waals surface area (Å²) in [7, 11) is 0. The van der Waals surface area contributed by atoms with Crippen molar-refractivity contribution in [3.05, 3.63) is 104 Å². The highest BCUT2D eigenvalue weighted by Gasteiger charge is 2.32. The normalized spacial score (nSPS) is 10.4. The predicted octanol–water partition coefficient (Wildman–Crippen LogP) is 3.09. The second-order valence-corrected chi connectivity index (χ2v) is 7.26. The second-order valence-electron chi connectivity index (χ2n) is 7.26. The molecule has 0 bridgehead atoms. The smallest absolute Gasteiger partial charge is 0.357 e. The van der Waals surface area contributed by atoms with Crippen LogP contribution < -0.4 is 16.4 Å². The molecule has 1 amide bonds. The number of carbonyl (C=O) groups is 2. The number of ketones is 1. The van der Waals surface area contributed by atoms with Crippen LogP contribution in [-0.2, 0) is 11.2 Å². The lowest BCUT2D eigenvalue weighted by molar-refractivity contribution is -0.422. The van der Waals surface area contributed by atoms with Crippen LogP contribution in [0.4, 0.5) is 22.7 Å². The van der Waals surface area contributed by atoms with Crippen molar-refractivity contribution in [2.24, 2.45) is 0 Å². The predicted molar refractivity (Wildman–Crippen MR) is 126 cm³/mol. The van der Waals surface area contributed by atoms with Gasteiger partial charge in [-0.05, 0) is 42.3 Å². The number of benzene rings is 3. The van der Waals surface area contributed by atoms with Gasteiger partial charge in [0, 0.05) is 29.5 Å². The maximum absolute atomic E-state index is 13.1. The largest absolute Gasteiger partial charge is 0.399 e. The number of nitro benzene ring substituents is 2. The number of carbonyl (C=O) groups excluding carboxylic acids is 2. The van der Waals surface area contributed by atoms with E-state index in [0.717, 1.165) is 17.7 Å². The maximum Gasteiger partial charge on any atom is 0.357 e. The molecule has 0 aromatic heterocycles. The van der Waals surface area contributed by atoms with Gasteiger partial charge in [-0.25, -0.2) is 0 Å². The van der Waals surface area contributed by atoms with Crippen LogP contribution in [-0.4, -0.2) is 34.6 Å². The molecule has 0 spiro atoms. The standard InChI is InChI=1S/C23H21N5O6/c24-16-10-8-15(9-11-16)12-13-25-21(29)14-26-19-6-2-1-4-17(19)23(30)18-5-3-7-20(27(31)32)22(18)28(33)34/h1-11,26H,12-14,24H2,(H,25,29). The van der Waals surface area contributed by atoms with Gasteiger partial charge in [0.15, 0.2) is 0 Å². The topological polar surface area (TPSA) is 170 Å². The van der Waals surface area contributed by atoms with Gasteiger partial charge in [-0.15, -0.1) is 0 Å². The summed E-state index contributed by atoms with van der Waals surface area (Å²) in [5, 5.41) is 28.3. The molecule has 0 unspecified atom stereocenters. The zero-order valence-electron chi connectivity index (χ0n) is 17.9. The van der Waals surface area contributed by atoms with E-state index < -0.39 is 32.6 Å². The number of rotatable bonds is 10. The highest BCUT2D eigenvalue weighted by Crippen LogP contribution is 2.33. The monoisotopic (exact) mass is 463 g/mol. The van der Waals surface area contributed by atoms with Gasteiger partial charge in [0.05, 0.1) is 16.4 Å². The van der Waals surface area contributed by atoms with Gasteiger partial charge >= 0.3 is 11.4 Å². The van der Waals surface area contributed by atoms with Gasteiger partial charge in [-0.3, -0.25) is 29.8 Å². The molecule has 0 atom stereocenters. The average molecular weight is 463 g/mol. The first-order chi connectivity index (χ1) is 16.3. The molecular formula is C23H21N5O6. The van der Waals surface area contributed by atoms with Crippen LogP contribution in [0.25, 0.3) is 0 Å². The maximum atomic E-state index is 13.1. The fourth-order valence-electron chi connectivity index (χ4n) is 3.30. The molecule has 0 fully saturated rings. The molecule has 3 aromatic rings. The van der Waals surface area contributed by atoms with E-state index in [4.69, 9.17) is 5.73 Å². The Morgan fingerprint density at radius 1 is 0.853 bits per heavy atom. The minimum atomic E-state index is -0.948. The van der Waals surface area contributed by atoms with E-state index in [9.17, 15) is 29.8 Å². The zero-order chi connectivity index (χ0) is 24.7. The highest BCUT2D eigenvalue weighted by molar-refractivity contribution is 6.15. The Hall–Kier alpha value is -4.80. The van der Waals surface area contributed by atoms with Crippen LogP contribution >= 0.6 is 0 Å². The molecule has 34 heavy (non-hydrogen) atoms. The number of amides is 1. The Bertz CT molecular complexity index is 1240. The Balaban J connectivity index is 1.70. The Morgan fingerprint density at radius 2 is 1.53 bits per heavy atom. The summed E-state index contributed by atoms with van der Waals surface area (Å²) in [6, 6.07) is 16.8. The molecule has 3 rings (SSSR count). The van der Waals surface area contributed by atoms with Gasteiger partial charge in [-0.1, -0.05) is 30.3 Å². The summed E-state index contributed by atoms with van der Waals surface area (Å²) in [5.41, 5.74) is 5.55. The summed E-state index contributed by atoms with van der Waals surface area (Å²) < 4.78 is 0. The first-order valence-corrected chi connectivity index (χ1v) is 10.2. The third-order valence-corrected chi connectivity index (χ3v) is 4.97. The molecule has 11 heteroatoms. The number of hydrogen-bond acceptors (Lipinski definition) is 8. The molecule has 0 saturated carbocycles. The molecule has 0 aliphatic heterocycles. The molecular weight excluding hydrogens is 442 g/mol. The van der Waals surface area contributed by atoms with E-state index >= 15 is 0 Å². The van der Waals surface area contributed by atoms with E-state index in [1.165, 1.54) is 18.2 Å². The first kappa shape index (κ1) is 23.9. The van der Waals surface area contributed by atoms with Crippen molar-refractivity contribution < 1.29 is 19.4 Å². The number of hydrogen-bond donors (Lipinski definition) is 3. The molecule has 0 heterocycles. The third-order valence-electron chi connectivity index (χ3n) is 4.97. The number of nitrogen functional groups attached to an aromatic ring is 1. The average Bonchev–Trinajstić information content (AvgIpc) is 2.83. The fourth-order valence-corrected chi connectivity index (χ4v) is 3.30. The summed E-state index contributed by atoms with van der Waals surface area (Å²) in [6.45, 7) is 0.244. The summed E-state index contributed by atoms with van der Waals surface area (Å²) >= 11 is 0. The molecule has 4 N–H and O–H groups in total. The molecule has 0 aliphatic carbocycles. The SMILES string of the molecule is Nc1ccc(CCNC(=O)CNc2ccccc2C(=O)c2cccc([N+](=O)[O-])c2[N+](=O)[O-])cc1. The second kappa shape index (κ2) is 10.7. The van der Waals surface area contributed by atoms with Crippen LogP contribution in [0.3, 0.4) is 0 Å². The van der Waals surface area contributed by atoms with Gasteiger partial charge in [0.25, 0.3) is 0 Å². The van der Waals surface area contributed by atoms with Crippen molar-refractivity contribution >= 4 is 34.4 Å². The Kier molecular flexibility index (Phi) is 7.49. The molecule has 174 valence electrons. The van der Waals surface area contributed by atoms with Gasteiger partial charge in [0.2, 0.25) is 11.7 Å². The minimum absolute atomic E-state index is 0.0424. The van der Waals surface area contributed by atoms with E-state index in [2.05, 4.69) is 10.6 Å². The zero-order valence-corrected chi connectivity index (χ0v) is 17.9. The third kappa shape index (κ3) is 5.71. The van der Waals surface area contributed by atoms with Crippen molar-refractivity contribution in [3.8, 4) is 0 Å². The van der Waals surface area contributed by atoms with Crippen LogP contribution in [0, 0.1) is 20.2 Å². The lowest BCUT2D eigenvalue weighted by Crippen LogP contribution is -2.31. The quantitative estimate of drug-likeness (QED) is 0.178. The number of para-hydroxylation sites is 2. The lowest BCUT2D eigenvalue weighted by Gasteiger charge is -2.12. The summed E-state index contributed by atoms with van der Waals surface area (Å²) in [6.07, 6.45) is 0.609. The van der Waals surface area contributed by atoms with E-state index in [-0.39, 0.29) is 23.7 Å².